The van der Waals surface area contributed by atoms with Crippen LogP contribution < -0.4 is 0 Å². The van der Waals surface area contributed by atoms with Crippen molar-refractivity contribution in [1.29, 1.82) is 0 Å². The minimum absolute atomic E-state index is 0.294. The van der Waals surface area contributed by atoms with E-state index in [-0.39, 0.29) is 0 Å². The molecule has 2 heteroatoms. The molecular formula is C20H28O2. The van der Waals surface area contributed by atoms with Crippen LogP contribution in [0.4, 0.5) is 0 Å². The number of ether oxygens (including phenoxy) is 1. The van der Waals surface area contributed by atoms with Crippen LogP contribution in [-0.4, -0.2) is 11.4 Å². The molecule has 4 saturated carbocycles. The highest BCUT2D eigenvalue weighted by Crippen LogP contribution is 2.68. The highest BCUT2D eigenvalue weighted by Gasteiger charge is 2.68. The highest BCUT2D eigenvalue weighted by atomic mass is 16.5. The molecule has 7 aliphatic rings. The lowest BCUT2D eigenvalue weighted by atomic mass is 9.42. The van der Waals surface area contributed by atoms with Gasteiger partial charge in [-0.2, -0.15) is 0 Å². The van der Waals surface area contributed by atoms with E-state index >= 15 is 0 Å². The number of carbonyl (C=O) groups is 1. The van der Waals surface area contributed by atoms with Crippen molar-refractivity contribution in [3.8, 4) is 0 Å². The minimum Gasteiger partial charge on any atom is -0.484 e. The van der Waals surface area contributed by atoms with E-state index in [1.807, 2.05) is 0 Å². The monoisotopic (exact) mass is 300 g/mol. The fourth-order valence-corrected chi connectivity index (χ4v) is 6.70. The van der Waals surface area contributed by atoms with Gasteiger partial charge in [-0.1, -0.05) is 27.7 Å². The molecule has 4 fully saturated rings. The fourth-order valence-electron chi connectivity index (χ4n) is 6.70. The van der Waals surface area contributed by atoms with E-state index in [0.717, 1.165) is 37.5 Å². The predicted octanol–water partition coefficient (Wildman–Crippen LogP) is 4.49. The molecule has 22 heavy (non-hydrogen) atoms. The van der Waals surface area contributed by atoms with Gasteiger partial charge in [0.2, 0.25) is 0 Å². The third-order valence-corrected chi connectivity index (χ3v) is 8.69. The maximum atomic E-state index is 12.8. The topological polar surface area (TPSA) is 26.3 Å². The Balaban J connectivity index is 1.52. The molecule has 0 unspecified atom stereocenters. The standard InChI is InChI=1S/C20H28O2/c1-18(2)11-7-14(18)13-5-6-20(22-15(13)8-11)16-9-12(10-17(20)21)19(16,3)4/h11-12,14,16H,5-10H2,1-4H3/t11-,12-,14+,16-,20+/m1/s1. The SMILES string of the molecule is CC1(C)[C@H]2CC(=O)[C@]3(CCC4=C(C[C@H]5C[C@@H]4C5(C)C)O3)[C@@H]1C2. The molecule has 0 aromatic carbocycles. The second-order valence-corrected chi connectivity index (χ2v) is 9.88. The molecule has 2 nitrogen and oxygen atoms in total. The van der Waals surface area contributed by atoms with Crippen molar-refractivity contribution in [3.05, 3.63) is 11.3 Å². The number of hydrogen-bond donors (Lipinski definition) is 0. The molecular weight excluding hydrogens is 272 g/mol. The molecule has 4 bridgehead atoms. The summed E-state index contributed by atoms with van der Waals surface area (Å²) in [7, 11) is 0. The Morgan fingerprint density at radius 1 is 1.00 bits per heavy atom. The first-order chi connectivity index (χ1) is 10.3. The quantitative estimate of drug-likeness (QED) is 0.659. The second-order valence-electron chi connectivity index (χ2n) is 9.88. The van der Waals surface area contributed by atoms with Gasteiger partial charge in [0.15, 0.2) is 11.4 Å². The summed E-state index contributed by atoms with van der Waals surface area (Å²) in [6, 6.07) is 0. The lowest BCUT2D eigenvalue weighted by Gasteiger charge is -2.66. The Bertz CT molecular complexity index is 611. The zero-order valence-electron chi connectivity index (χ0n) is 14.4. The summed E-state index contributed by atoms with van der Waals surface area (Å²) in [5.41, 5.74) is 1.88. The Hall–Kier alpha value is -0.790. The van der Waals surface area contributed by atoms with Crippen molar-refractivity contribution >= 4 is 5.78 Å². The summed E-state index contributed by atoms with van der Waals surface area (Å²) >= 11 is 0. The molecule has 0 amide bonds. The summed E-state index contributed by atoms with van der Waals surface area (Å²) in [6.07, 6.45) is 6.46. The molecule has 1 spiro atoms. The summed E-state index contributed by atoms with van der Waals surface area (Å²) in [5.74, 6) is 4.20. The predicted molar refractivity (Wildman–Crippen MR) is 85.1 cm³/mol. The summed E-state index contributed by atoms with van der Waals surface area (Å²) in [6.45, 7) is 9.56. The molecule has 120 valence electrons. The molecule has 1 aliphatic heterocycles. The van der Waals surface area contributed by atoms with E-state index in [1.165, 1.54) is 18.6 Å². The summed E-state index contributed by atoms with van der Waals surface area (Å²) in [5, 5.41) is 0. The van der Waals surface area contributed by atoms with Crippen LogP contribution in [0.1, 0.15) is 66.2 Å². The second kappa shape index (κ2) is 3.65. The minimum atomic E-state index is -0.453. The van der Waals surface area contributed by atoms with Crippen molar-refractivity contribution in [2.24, 2.45) is 34.5 Å². The fraction of sp³-hybridized carbons (Fsp3) is 0.850. The Labute approximate surface area is 133 Å². The average molecular weight is 300 g/mol. The number of allylic oxidation sites excluding steroid dienone is 2. The van der Waals surface area contributed by atoms with Crippen LogP contribution in [0, 0.1) is 34.5 Å². The largest absolute Gasteiger partial charge is 0.484 e. The third-order valence-electron chi connectivity index (χ3n) is 8.69. The van der Waals surface area contributed by atoms with Crippen LogP contribution in [0.25, 0.3) is 0 Å². The molecule has 6 aliphatic carbocycles. The molecule has 7 rings (SSSR count). The Morgan fingerprint density at radius 2 is 1.73 bits per heavy atom. The average Bonchev–Trinajstić information content (AvgIpc) is 2.48. The van der Waals surface area contributed by atoms with Gasteiger partial charge in [-0.3, -0.25) is 4.79 Å². The van der Waals surface area contributed by atoms with E-state index < -0.39 is 5.60 Å². The Morgan fingerprint density at radius 3 is 2.41 bits per heavy atom. The molecule has 0 N–H and O–H groups in total. The maximum absolute atomic E-state index is 12.8. The first-order valence-electron chi connectivity index (χ1n) is 9.21. The maximum Gasteiger partial charge on any atom is 0.176 e. The van der Waals surface area contributed by atoms with Crippen LogP contribution >= 0.6 is 0 Å². The summed E-state index contributed by atoms with van der Waals surface area (Å²) in [4.78, 5) is 12.8. The van der Waals surface area contributed by atoms with Crippen molar-refractivity contribution < 1.29 is 9.53 Å². The van der Waals surface area contributed by atoms with E-state index in [4.69, 9.17) is 4.74 Å². The van der Waals surface area contributed by atoms with Crippen molar-refractivity contribution in [1.82, 2.24) is 0 Å². The van der Waals surface area contributed by atoms with Crippen LogP contribution in [0.15, 0.2) is 11.3 Å². The normalized spacial score (nSPS) is 49.9. The van der Waals surface area contributed by atoms with E-state index in [2.05, 4.69) is 27.7 Å². The molecule has 0 aromatic rings. The van der Waals surface area contributed by atoms with Gasteiger partial charge in [0.05, 0.1) is 5.76 Å². The van der Waals surface area contributed by atoms with E-state index in [1.54, 1.807) is 5.57 Å². The van der Waals surface area contributed by atoms with Crippen molar-refractivity contribution in [3.63, 3.8) is 0 Å². The third kappa shape index (κ3) is 1.29. The lowest BCUT2D eigenvalue weighted by molar-refractivity contribution is -0.217. The summed E-state index contributed by atoms with van der Waals surface area (Å²) < 4.78 is 6.64. The van der Waals surface area contributed by atoms with Gasteiger partial charge in [-0.05, 0) is 59.8 Å². The number of hydrogen-bond acceptors (Lipinski definition) is 2. The van der Waals surface area contributed by atoms with Gasteiger partial charge in [0, 0.05) is 18.8 Å². The smallest absolute Gasteiger partial charge is 0.176 e. The van der Waals surface area contributed by atoms with E-state index in [0.29, 0.717) is 28.4 Å². The number of ketones is 1. The Kier molecular flexibility index (Phi) is 2.26. The lowest BCUT2D eigenvalue weighted by Crippen LogP contribution is -2.68. The van der Waals surface area contributed by atoms with Gasteiger partial charge in [-0.15, -0.1) is 0 Å². The van der Waals surface area contributed by atoms with Crippen LogP contribution in [0.2, 0.25) is 0 Å². The molecule has 5 atom stereocenters. The van der Waals surface area contributed by atoms with Crippen LogP contribution in [-0.2, 0) is 9.53 Å². The molecule has 1 heterocycles. The number of rotatable bonds is 0. The first-order valence-corrected chi connectivity index (χ1v) is 9.21. The molecule has 0 radical (unpaired) electrons. The van der Waals surface area contributed by atoms with Crippen LogP contribution in [0.3, 0.4) is 0 Å². The molecule has 0 saturated heterocycles. The van der Waals surface area contributed by atoms with Gasteiger partial charge < -0.3 is 4.74 Å². The number of fused-ring (bicyclic) bond motifs is 1. The number of carbonyl (C=O) groups excluding carboxylic acids is 1. The zero-order chi connectivity index (χ0) is 15.5. The van der Waals surface area contributed by atoms with Crippen molar-refractivity contribution in [2.75, 3.05) is 0 Å². The van der Waals surface area contributed by atoms with Gasteiger partial charge in [0.1, 0.15) is 0 Å². The van der Waals surface area contributed by atoms with Crippen molar-refractivity contribution in [2.45, 2.75) is 71.8 Å². The molecule has 0 aromatic heterocycles. The van der Waals surface area contributed by atoms with Gasteiger partial charge in [-0.25, -0.2) is 0 Å². The number of Topliss-reactive ketones (excluding diaryl/α,β-unsaturated/α-hetero) is 1. The zero-order valence-corrected chi connectivity index (χ0v) is 14.4. The van der Waals surface area contributed by atoms with Gasteiger partial charge >= 0.3 is 0 Å². The van der Waals surface area contributed by atoms with E-state index in [9.17, 15) is 4.79 Å². The first kappa shape index (κ1) is 13.6. The van der Waals surface area contributed by atoms with Crippen LogP contribution in [0.5, 0.6) is 0 Å². The van der Waals surface area contributed by atoms with Gasteiger partial charge in [0.25, 0.3) is 0 Å². The highest BCUT2D eigenvalue weighted by molar-refractivity contribution is 5.90.